The predicted octanol–water partition coefficient (Wildman–Crippen LogP) is 6.33. The lowest BCUT2D eigenvalue weighted by atomic mass is 10.0. The first-order chi connectivity index (χ1) is 16.9. The first-order valence-corrected chi connectivity index (χ1v) is 10.9. The van der Waals surface area contributed by atoms with Gasteiger partial charge in [-0.15, -0.1) is 0 Å². The standard InChI is InChI=1S/C28H20F4N2O/c1-2-3-12-35-21-16-33-27(34-17-21)11-6-19-14-25(30)23(26(31)15-19)9-5-18-4-8-22-20(13-18)7-10-24(29)28(22)32/h2-4,7-8,10,13-17H,6,11-12H2,1H3/b3-2+. The van der Waals surface area contributed by atoms with Crippen molar-refractivity contribution in [2.45, 2.75) is 19.8 Å². The Bertz CT molecular complexity index is 1430. The number of halogens is 4. The van der Waals surface area contributed by atoms with Crippen molar-refractivity contribution in [3.05, 3.63) is 113 Å². The average Bonchev–Trinajstić information content (AvgIpc) is 2.85. The van der Waals surface area contributed by atoms with Gasteiger partial charge in [-0.2, -0.15) is 0 Å². The van der Waals surface area contributed by atoms with Crippen molar-refractivity contribution in [1.29, 1.82) is 0 Å². The minimum absolute atomic E-state index is 0.108. The van der Waals surface area contributed by atoms with Crippen LogP contribution in [0, 0.1) is 35.1 Å². The van der Waals surface area contributed by atoms with E-state index in [4.69, 9.17) is 4.74 Å². The van der Waals surface area contributed by atoms with Crippen molar-refractivity contribution in [3.63, 3.8) is 0 Å². The van der Waals surface area contributed by atoms with Crippen LogP contribution in [0.25, 0.3) is 10.8 Å². The molecule has 1 aromatic heterocycles. The number of benzene rings is 3. The lowest BCUT2D eigenvalue weighted by Crippen LogP contribution is -2.01. The van der Waals surface area contributed by atoms with Crippen LogP contribution in [0.4, 0.5) is 17.6 Å². The SMILES string of the molecule is C/C=C/COc1cnc(CCc2cc(F)c(C#Cc3ccc4c(F)c(F)ccc4c3)c(F)c2)nc1. The Balaban J connectivity index is 1.45. The van der Waals surface area contributed by atoms with Crippen LogP contribution in [-0.4, -0.2) is 16.6 Å². The highest BCUT2D eigenvalue weighted by Crippen LogP contribution is 2.22. The van der Waals surface area contributed by atoms with Gasteiger partial charge >= 0.3 is 0 Å². The molecule has 0 aliphatic heterocycles. The molecule has 0 unspecified atom stereocenters. The van der Waals surface area contributed by atoms with Gasteiger partial charge in [0.15, 0.2) is 17.4 Å². The van der Waals surface area contributed by atoms with Crippen LogP contribution in [0.1, 0.15) is 29.4 Å². The smallest absolute Gasteiger partial charge is 0.166 e. The van der Waals surface area contributed by atoms with Gasteiger partial charge in [-0.1, -0.05) is 36.1 Å². The van der Waals surface area contributed by atoms with Gasteiger partial charge < -0.3 is 4.74 Å². The first kappa shape index (κ1) is 24.0. The monoisotopic (exact) mass is 476 g/mol. The van der Waals surface area contributed by atoms with Gasteiger partial charge in [-0.3, -0.25) is 0 Å². The quantitative estimate of drug-likeness (QED) is 0.185. The molecule has 176 valence electrons. The number of aromatic nitrogens is 2. The zero-order chi connectivity index (χ0) is 24.8. The first-order valence-electron chi connectivity index (χ1n) is 10.9. The van der Waals surface area contributed by atoms with E-state index in [0.29, 0.717) is 47.5 Å². The molecule has 0 saturated heterocycles. The molecule has 0 saturated carbocycles. The second kappa shape index (κ2) is 10.8. The Labute approximate surface area is 200 Å². The molecule has 0 N–H and O–H groups in total. The molecule has 0 amide bonds. The second-order valence-corrected chi connectivity index (χ2v) is 7.70. The predicted molar refractivity (Wildman–Crippen MR) is 126 cm³/mol. The molecule has 0 aliphatic rings. The second-order valence-electron chi connectivity index (χ2n) is 7.70. The Kier molecular flexibility index (Phi) is 7.41. The Hall–Kier alpha value is -4.18. The third kappa shape index (κ3) is 5.85. The third-order valence-corrected chi connectivity index (χ3v) is 5.24. The van der Waals surface area contributed by atoms with Gasteiger partial charge in [0.25, 0.3) is 0 Å². The lowest BCUT2D eigenvalue weighted by molar-refractivity contribution is 0.359. The van der Waals surface area contributed by atoms with E-state index in [1.165, 1.54) is 36.4 Å². The van der Waals surface area contributed by atoms with Crippen molar-refractivity contribution in [2.75, 3.05) is 6.61 Å². The number of hydrogen-bond donors (Lipinski definition) is 0. The summed E-state index contributed by atoms with van der Waals surface area (Å²) < 4.78 is 61.8. The molecule has 0 atom stereocenters. The van der Waals surface area contributed by atoms with Crippen LogP contribution >= 0.6 is 0 Å². The van der Waals surface area contributed by atoms with Crippen LogP contribution < -0.4 is 4.74 Å². The minimum Gasteiger partial charge on any atom is -0.486 e. The van der Waals surface area contributed by atoms with Crippen molar-refractivity contribution in [1.82, 2.24) is 9.97 Å². The molecule has 0 spiro atoms. The summed E-state index contributed by atoms with van der Waals surface area (Å²) in [6.07, 6.45) is 7.59. The van der Waals surface area contributed by atoms with Crippen LogP contribution in [0.2, 0.25) is 0 Å². The number of ether oxygens (including phenoxy) is 1. The number of aryl methyl sites for hydroxylation is 2. The zero-order valence-electron chi connectivity index (χ0n) is 18.8. The fraction of sp³-hybridized carbons (Fsp3) is 0.143. The maximum atomic E-state index is 14.6. The van der Waals surface area contributed by atoms with E-state index in [9.17, 15) is 17.6 Å². The number of fused-ring (bicyclic) bond motifs is 1. The molecule has 0 radical (unpaired) electrons. The van der Waals surface area contributed by atoms with Crippen molar-refractivity contribution in [3.8, 4) is 17.6 Å². The molecule has 4 rings (SSSR count). The third-order valence-electron chi connectivity index (χ3n) is 5.24. The molecule has 0 bridgehead atoms. The van der Waals surface area contributed by atoms with Gasteiger partial charge in [0.2, 0.25) is 0 Å². The van der Waals surface area contributed by atoms with E-state index in [1.807, 2.05) is 19.1 Å². The summed E-state index contributed by atoms with van der Waals surface area (Å²) in [5, 5.41) is 0.545. The number of nitrogens with zero attached hydrogens (tertiary/aromatic N) is 2. The fourth-order valence-electron chi connectivity index (χ4n) is 3.41. The Morgan fingerprint density at radius 3 is 2.31 bits per heavy atom. The Morgan fingerprint density at radius 2 is 1.60 bits per heavy atom. The van der Waals surface area contributed by atoms with Crippen LogP contribution in [0.5, 0.6) is 5.75 Å². The molecular weight excluding hydrogens is 456 g/mol. The molecule has 1 heterocycles. The molecule has 4 aromatic rings. The topological polar surface area (TPSA) is 35.0 Å². The van der Waals surface area contributed by atoms with E-state index in [-0.39, 0.29) is 10.9 Å². The summed E-state index contributed by atoms with van der Waals surface area (Å²) in [5.74, 6) is 2.80. The normalized spacial score (nSPS) is 11.0. The molecule has 0 fully saturated rings. The van der Waals surface area contributed by atoms with E-state index >= 15 is 0 Å². The summed E-state index contributed by atoms with van der Waals surface area (Å²) in [7, 11) is 0. The molecule has 35 heavy (non-hydrogen) atoms. The van der Waals surface area contributed by atoms with E-state index < -0.39 is 23.3 Å². The van der Waals surface area contributed by atoms with Gasteiger partial charge in [0, 0.05) is 17.4 Å². The minimum atomic E-state index is -0.950. The molecule has 3 aromatic carbocycles. The molecule has 7 heteroatoms. The van der Waals surface area contributed by atoms with Gasteiger partial charge in [0.05, 0.1) is 18.0 Å². The molecule has 0 aliphatic carbocycles. The fourth-order valence-corrected chi connectivity index (χ4v) is 3.41. The summed E-state index contributed by atoms with van der Waals surface area (Å²) >= 11 is 0. The van der Waals surface area contributed by atoms with Gasteiger partial charge in [0.1, 0.15) is 24.1 Å². The van der Waals surface area contributed by atoms with E-state index in [2.05, 4.69) is 21.8 Å². The largest absolute Gasteiger partial charge is 0.486 e. The summed E-state index contributed by atoms with van der Waals surface area (Å²) in [6.45, 7) is 2.32. The highest BCUT2D eigenvalue weighted by atomic mass is 19.2. The summed E-state index contributed by atoms with van der Waals surface area (Å²) in [6, 6.07) is 9.30. The van der Waals surface area contributed by atoms with Gasteiger partial charge in [-0.05, 0) is 54.6 Å². The highest BCUT2D eigenvalue weighted by Gasteiger charge is 2.11. The van der Waals surface area contributed by atoms with Crippen LogP contribution in [0.15, 0.2) is 67.0 Å². The highest BCUT2D eigenvalue weighted by molar-refractivity contribution is 5.84. The maximum absolute atomic E-state index is 14.6. The Morgan fingerprint density at radius 1 is 0.857 bits per heavy atom. The number of rotatable bonds is 6. The van der Waals surface area contributed by atoms with Gasteiger partial charge in [-0.25, -0.2) is 27.5 Å². The molecule has 3 nitrogen and oxygen atoms in total. The lowest BCUT2D eigenvalue weighted by Gasteiger charge is -2.06. The van der Waals surface area contributed by atoms with Crippen LogP contribution in [-0.2, 0) is 12.8 Å². The maximum Gasteiger partial charge on any atom is 0.166 e. The number of allylic oxidation sites excluding steroid dienone is 1. The van der Waals surface area contributed by atoms with E-state index in [0.717, 1.165) is 6.07 Å². The van der Waals surface area contributed by atoms with E-state index in [1.54, 1.807) is 12.4 Å². The van der Waals surface area contributed by atoms with Crippen molar-refractivity contribution in [2.24, 2.45) is 0 Å². The number of hydrogen-bond acceptors (Lipinski definition) is 3. The zero-order valence-corrected chi connectivity index (χ0v) is 18.8. The van der Waals surface area contributed by atoms with Crippen molar-refractivity contribution >= 4 is 10.8 Å². The molecular formula is C28H20F4N2O. The summed E-state index contributed by atoms with van der Waals surface area (Å²) in [5.41, 5.74) is 0.505. The van der Waals surface area contributed by atoms with Crippen LogP contribution in [0.3, 0.4) is 0 Å². The summed E-state index contributed by atoms with van der Waals surface area (Å²) in [4.78, 5) is 8.43. The van der Waals surface area contributed by atoms with Crippen molar-refractivity contribution < 1.29 is 22.3 Å². The average molecular weight is 476 g/mol.